The molecule has 1 aliphatic heterocycles. The average molecular weight is 262 g/mol. The highest BCUT2D eigenvalue weighted by atomic mass is 16.5. The summed E-state index contributed by atoms with van der Waals surface area (Å²) in [7, 11) is 0. The monoisotopic (exact) mass is 262 g/mol. The lowest BCUT2D eigenvalue weighted by Gasteiger charge is -2.19. The average Bonchev–Trinajstić information content (AvgIpc) is 2.75. The fourth-order valence-electron chi connectivity index (χ4n) is 2.29. The molecule has 0 spiro atoms. The number of carbonyl (C=O) groups excluding carboxylic acids is 2. The van der Waals surface area contributed by atoms with Crippen LogP contribution in [0.5, 0.6) is 0 Å². The van der Waals surface area contributed by atoms with E-state index in [9.17, 15) is 9.59 Å². The molecule has 0 aliphatic carbocycles. The number of benzene rings is 1. The summed E-state index contributed by atoms with van der Waals surface area (Å²) in [6.45, 7) is 4.33. The minimum absolute atomic E-state index is 0.0632. The Hall–Kier alpha value is -2.04. The van der Waals surface area contributed by atoms with Crippen molar-refractivity contribution in [2.24, 2.45) is 5.92 Å². The van der Waals surface area contributed by atoms with Crippen LogP contribution in [0.15, 0.2) is 18.2 Å². The second-order valence-corrected chi connectivity index (χ2v) is 4.65. The number of nitrogen functional groups attached to an aromatic ring is 1. The molecule has 5 nitrogen and oxygen atoms in total. The van der Waals surface area contributed by atoms with E-state index < -0.39 is 0 Å². The minimum atomic E-state index is -0.381. The molecule has 1 aromatic carbocycles. The lowest BCUT2D eigenvalue weighted by atomic mass is 10.1. The van der Waals surface area contributed by atoms with E-state index in [4.69, 9.17) is 10.5 Å². The molecule has 0 aromatic heterocycles. The van der Waals surface area contributed by atoms with Crippen molar-refractivity contribution in [2.75, 3.05) is 23.8 Å². The van der Waals surface area contributed by atoms with Crippen molar-refractivity contribution >= 4 is 23.3 Å². The number of nitrogens with two attached hydrogens (primary N) is 1. The van der Waals surface area contributed by atoms with Gasteiger partial charge in [0, 0.05) is 24.3 Å². The highest BCUT2D eigenvalue weighted by Gasteiger charge is 2.36. The van der Waals surface area contributed by atoms with E-state index in [0.717, 1.165) is 11.3 Å². The highest BCUT2D eigenvalue weighted by Crippen LogP contribution is 2.30. The number of esters is 1. The molecule has 1 fully saturated rings. The van der Waals surface area contributed by atoms with Gasteiger partial charge in [-0.1, -0.05) is 6.07 Å². The molecule has 5 heteroatoms. The molecule has 0 radical (unpaired) electrons. The van der Waals surface area contributed by atoms with Crippen LogP contribution in [-0.4, -0.2) is 25.0 Å². The van der Waals surface area contributed by atoms with Crippen LogP contribution in [0, 0.1) is 12.8 Å². The van der Waals surface area contributed by atoms with Crippen LogP contribution < -0.4 is 10.6 Å². The molecule has 0 bridgehead atoms. The van der Waals surface area contributed by atoms with Gasteiger partial charge in [0.05, 0.1) is 12.5 Å². The number of anilines is 2. The van der Waals surface area contributed by atoms with Crippen molar-refractivity contribution in [3.63, 3.8) is 0 Å². The van der Waals surface area contributed by atoms with Crippen LogP contribution in [0.25, 0.3) is 0 Å². The van der Waals surface area contributed by atoms with E-state index >= 15 is 0 Å². The molecule has 1 saturated heterocycles. The Kier molecular flexibility index (Phi) is 3.74. The third kappa shape index (κ3) is 2.54. The van der Waals surface area contributed by atoms with Crippen molar-refractivity contribution in [3.05, 3.63) is 23.8 Å². The first-order valence-electron chi connectivity index (χ1n) is 6.36. The Bertz CT molecular complexity index is 513. The predicted octanol–water partition coefficient (Wildman–Crippen LogP) is 1.49. The van der Waals surface area contributed by atoms with Crippen molar-refractivity contribution in [1.29, 1.82) is 0 Å². The molecule has 2 rings (SSSR count). The molecule has 102 valence electrons. The van der Waals surface area contributed by atoms with Gasteiger partial charge in [-0.15, -0.1) is 0 Å². The first-order chi connectivity index (χ1) is 9.04. The third-order valence-corrected chi connectivity index (χ3v) is 3.38. The smallest absolute Gasteiger partial charge is 0.311 e. The molecule has 0 saturated carbocycles. The summed E-state index contributed by atoms with van der Waals surface area (Å²) in [5.41, 5.74) is 8.13. The molecule has 1 aliphatic rings. The maximum Gasteiger partial charge on any atom is 0.311 e. The van der Waals surface area contributed by atoms with Crippen LogP contribution >= 0.6 is 0 Å². The van der Waals surface area contributed by atoms with Crippen molar-refractivity contribution in [1.82, 2.24) is 0 Å². The Balaban J connectivity index is 2.20. The van der Waals surface area contributed by atoms with Gasteiger partial charge >= 0.3 is 5.97 Å². The van der Waals surface area contributed by atoms with Gasteiger partial charge in [0.1, 0.15) is 0 Å². The summed E-state index contributed by atoms with van der Waals surface area (Å²) in [6, 6.07) is 5.45. The Morgan fingerprint density at radius 1 is 1.53 bits per heavy atom. The molecule has 1 amide bonds. The SMILES string of the molecule is CCOC(=O)[C@@H]1CC(=O)N(c2cccc(N)c2C)C1. The Morgan fingerprint density at radius 3 is 2.95 bits per heavy atom. The molecule has 0 unspecified atom stereocenters. The number of carbonyl (C=O) groups is 2. The van der Waals surface area contributed by atoms with Gasteiger partial charge in [-0.3, -0.25) is 9.59 Å². The summed E-state index contributed by atoms with van der Waals surface area (Å²) in [4.78, 5) is 25.3. The minimum Gasteiger partial charge on any atom is -0.466 e. The molecule has 1 heterocycles. The van der Waals surface area contributed by atoms with Gasteiger partial charge in [-0.25, -0.2) is 0 Å². The lowest BCUT2D eigenvalue weighted by Crippen LogP contribution is -2.27. The molecule has 1 atom stereocenters. The van der Waals surface area contributed by atoms with Crippen molar-refractivity contribution in [2.45, 2.75) is 20.3 Å². The fourth-order valence-corrected chi connectivity index (χ4v) is 2.29. The van der Waals surface area contributed by atoms with Crippen LogP contribution in [0.2, 0.25) is 0 Å². The lowest BCUT2D eigenvalue weighted by molar-refractivity contribution is -0.147. The van der Waals surface area contributed by atoms with E-state index in [-0.39, 0.29) is 24.2 Å². The molecular formula is C14H18N2O3. The van der Waals surface area contributed by atoms with Gasteiger partial charge in [-0.2, -0.15) is 0 Å². The van der Waals surface area contributed by atoms with E-state index in [2.05, 4.69) is 0 Å². The number of ether oxygens (including phenoxy) is 1. The second-order valence-electron chi connectivity index (χ2n) is 4.65. The Morgan fingerprint density at radius 2 is 2.26 bits per heavy atom. The standard InChI is InChI=1S/C14H18N2O3/c1-3-19-14(18)10-7-13(17)16(8-10)12-6-4-5-11(15)9(12)2/h4-6,10H,3,7-8,15H2,1-2H3/t10-/m1/s1. The van der Waals surface area contributed by atoms with Gasteiger partial charge in [0.25, 0.3) is 0 Å². The number of hydrogen-bond donors (Lipinski definition) is 1. The van der Waals surface area contributed by atoms with Crippen molar-refractivity contribution in [3.8, 4) is 0 Å². The van der Waals surface area contributed by atoms with Crippen molar-refractivity contribution < 1.29 is 14.3 Å². The predicted molar refractivity (Wildman–Crippen MR) is 72.7 cm³/mol. The number of amides is 1. The van der Waals surface area contributed by atoms with Crippen LogP contribution in [-0.2, 0) is 14.3 Å². The number of hydrogen-bond acceptors (Lipinski definition) is 4. The fraction of sp³-hybridized carbons (Fsp3) is 0.429. The van der Waals surface area contributed by atoms with E-state index in [1.54, 1.807) is 17.9 Å². The first kappa shape index (κ1) is 13.4. The topological polar surface area (TPSA) is 72.6 Å². The zero-order valence-corrected chi connectivity index (χ0v) is 11.2. The van der Waals surface area contributed by atoms with Gasteiger partial charge < -0.3 is 15.4 Å². The summed E-state index contributed by atoms with van der Waals surface area (Å²) >= 11 is 0. The molecule has 19 heavy (non-hydrogen) atoms. The number of nitrogens with zero attached hydrogens (tertiary/aromatic N) is 1. The maximum atomic E-state index is 12.0. The Labute approximate surface area is 112 Å². The summed E-state index contributed by atoms with van der Waals surface area (Å²) < 4.78 is 4.97. The van der Waals surface area contributed by atoms with E-state index in [1.807, 2.05) is 19.1 Å². The summed E-state index contributed by atoms with van der Waals surface area (Å²) in [5.74, 6) is -0.750. The summed E-state index contributed by atoms with van der Waals surface area (Å²) in [5, 5.41) is 0. The van der Waals surface area contributed by atoms with E-state index in [1.165, 1.54) is 0 Å². The second kappa shape index (κ2) is 5.30. The quantitative estimate of drug-likeness (QED) is 0.661. The highest BCUT2D eigenvalue weighted by molar-refractivity contribution is 6.00. The molecular weight excluding hydrogens is 244 g/mol. The van der Waals surface area contributed by atoms with Gasteiger partial charge in [0.15, 0.2) is 0 Å². The number of rotatable bonds is 3. The largest absolute Gasteiger partial charge is 0.466 e. The molecule has 1 aromatic rings. The molecule has 2 N–H and O–H groups in total. The van der Waals surface area contributed by atoms with Crippen LogP contribution in [0.3, 0.4) is 0 Å². The normalized spacial score (nSPS) is 18.7. The first-order valence-corrected chi connectivity index (χ1v) is 6.36. The zero-order valence-electron chi connectivity index (χ0n) is 11.2. The van der Waals surface area contributed by atoms with Gasteiger partial charge in [0.2, 0.25) is 5.91 Å². The third-order valence-electron chi connectivity index (χ3n) is 3.38. The van der Waals surface area contributed by atoms with Crippen LogP contribution in [0.1, 0.15) is 18.9 Å². The van der Waals surface area contributed by atoms with Crippen LogP contribution in [0.4, 0.5) is 11.4 Å². The maximum absolute atomic E-state index is 12.0. The summed E-state index contributed by atoms with van der Waals surface area (Å²) in [6.07, 6.45) is 0.201. The zero-order chi connectivity index (χ0) is 14.0. The van der Waals surface area contributed by atoms with Gasteiger partial charge in [-0.05, 0) is 31.5 Å². The van der Waals surface area contributed by atoms with E-state index in [0.29, 0.717) is 18.8 Å².